The number of nitrogens with zero attached hydrogens (tertiary/aromatic N) is 2. The lowest BCUT2D eigenvalue weighted by Crippen LogP contribution is -1.89. The Morgan fingerprint density at radius 2 is 2.12 bits per heavy atom. The molecule has 1 aromatic heterocycles. The van der Waals surface area contributed by atoms with Crippen molar-refractivity contribution in [3.8, 4) is 0 Å². The van der Waals surface area contributed by atoms with Crippen molar-refractivity contribution < 1.29 is 0 Å². The summed E-state index contributed by atoms with van der Waals surface area (Å²) in [6.07, 6.45) is 2.68. The zero-order chi connectivity index (χ0) is 11.7. The van der Waals surface area contributed by atoms with Gasteiger partial charge in [-0.1, -0.05) is 47.4 Å². The number of anilines is 1. The lowest BCUT2D eigenvalue weighted by molar-refractivity contribution is 1.01. The first-order valence-electron chi connectivity index (χ1n) is 5.62. The van der Waals surface area contributed by atoms with E-state index in [1.807, 2.05) is 0 Å². The second-order valence-electron chi connectivity index (χ2n) is 4.17. The quantitative estimate of drug-likeness (QED) is 0.860. The molecule has 1 saturated carbocycles. The summed E-state index contributed by atoms with van der Waals surface area (Å²) in [4.78, 5) is 0. The zero-order valence-electron chi connectivity index (χ0n) is 9.30. The van der Waals surface area contributed by atoms with E-state index in [0.717, 1.165) is 16.0 Å². The van der Waals surface area contributed by atoms with E-state index in [0.29, 0.717) is 5.13 Å². The van der Waals surface area contributed by atoms with E-state index in [-0.39, 0.29) is 0 Å². The van der Waals surface area contributed by atoms with E-state index < -0.39 is 0 Å². The van der Waals surface area contributed by atoms with Crippen molar-refractivity contribution in [2.24, 2.45) is 0 Å². The SMILES string of the molecule is Nc1nnc(SCc2ccccc2C2CC2)s1. The fourth-order valence-corrected chi connectivity index (χ4v) is 3.53. The maximum atomic E-state index is 5.57. The maximum Gasteiger partial charge on any atom is 0.203 e. The van der Waals surface area contributed by atoms with Gasteiger partial charge in [0.05, 0.1) is 0 Å². The predicted molar refractivity (Wildman–Crippen MR) is 72.3 cm³/mol. The first-order valence-corrected chi connectivity index (χ1v) is 7.43. The highest BCUT2D eigenvalue weighted by molar-refractivity contribution is 8.00. The van der Waals surface area contributed by atoms with Gasteiger partial charge in [0.25, 0.3) is 0 Å². The van der Waals surface area contributed by atoms with Gasteiger partial charge in [-0.3, -0.25) is 0 Å². The first kappa shape index (κ1) is 11.0. The molecule has 0 spiro atoms. The summed E-state index contributed by atoms with van der Waals surface area (Å²) in [5, 5.41) is 8.40. The van der Waals surface area contributed by atoms with Gasteiger partial charge in [-0.2, -0.15) is 0 Å². The summed E-state index contributed by atoms with van der Waals surface area (Å²) in [6, 6.07) is 8.70. The van der Waals surface area contributed by atoms with Gasteiger partial charge in [-0.05, 0) is 29.9 Å². The number of hydrogen-bond acceptors (Lipinski definition) is 5. The van der Waals surface area contributed by atoms with Crippen LogP contribution >= 0.6 is 23.1 Å². The van der Waals surface area contributed by atoms with Crippen molar-refractivity contribution in [2.45, 2.75) is 28.9 Å². The van der Waals surface area contributed by atoms with Gasteiger partial charge < -0.3 is 5.73 Å². The maximum absolute atomic E-state index is 5.57. The van der Waals surface area contributed by atoms with Crippen molar-refractivity contribution in [1.29, 1.82) is 0 Å². The monoisotopic (exact) mass is 263 g/mol. The summed E-state index contributed by atoms with van der Waals surface area (Å²) >= 11 is 3.17. The second-order valence-corrected chi connectivity index (χ2v) is 6.40. The Morgan fingerprint density at radius 1 is 1.29 bits per heavy atom. The standard InChI is InChI=1S/C12H13N3S2/c13-11-14-15-12(17-11)16-7-9-3-1-2-4-10(9)8-5-6-8/h1-4,8H,5-7H2,(H2,13,14). The molecule has 88 valence electrons. The van der Waals surface area contributed by atoms with Crippen molar-refractivity contribution in [3.63, 3.8) is 0 Å². The molecule has 0 atom stereocenters. The van der Waals surface area contributed by atoms with E-state index in [2.05, 4.69) is 34.5 Å². The number of nitrogen functional groups attached to an aromatic ring is 1. The number of benzene rings is 1. The number of rotatable bonds is 4. The molecule has 0 saturated heterocycles. The molecule has 1 heterocycles. The second kappa shape index (κ2) is 4.66. The number of aromatic nitrogens is 2. The number of hydrogen-bond donors (Lipinski definition) is 1. The Balaban J connectivity index is 1.72. The molecule has 3 rings (SSSR count). The van der Waals surface area contributed by atoms with Crippen LogP contribution < -0.4 is 5.73 Å². The minimum atomic E-state index is 0.544. The van der Waals surface area contributed by atoms with Gasteiger partial charge >= 0.3 is 0 Å². The Hall–Kier alpha value is -1.07. The van der Waals surface area contributed by atoms with Crippen LogP contribution in [0.5, 0.6) is 0 Å². The van der Waals surface area contributed by atoms with E-state index in [1.54, 1.807) is 11.8 Å². The van der Waals surface area contributed by atoms with Gasteiger partial charge in [-0.25, -0.2) is 0 Å². The Labute approximate surface area is 108 Å². The van der Waals surface area contributed by atoms with Crippen LogP contribution in [-0.4, -0.2) is 10.2 Å². The summed E-state index contributed by atoms with van der Waals surface area (Å²) in [5.74, 6) is 1.76. The minimum absolute atomic E-state index is 0.544. The van der Waals surface area contributed by atoms with E-state index in [9.17, 15) is 0 Å². The molecule has 2 aromatic rings. The third-order valence-corrected chi connectivity index (χ3v) is 4.78. The molecular formula is C12H13N3S2. The Kier molecular flexibility index (Phi) is 3.03. The van der Waals surface area contributed by atoms with E-state index in [1.165, 1.54) is 35.3 Å². The summed E-state index contributed by atoms with van der Waals surface area (Å²) in [5.41, 5.74) is 8.50. The van der Waals surface area contributed by atoms with Crippen LogP contribution in [-0.2, 0) is 5.75 Å². The van der Waals surface area contributed by atoms with Crippen LogP contribution in [0, 0.1) is 0 Å². The molecule has 0 aliphatic heterocycles. The van der Waals surface area contributed by atoms with Crippen molar-refractivity contribution in [3.05, 3.63) is 35.4 Å². The molecule has 1 aliphatic rings. The third kappa shape index (κ3) is 2.61. The molecule has 1 fully saturated rings. The van der Waals surface area contributed by atoms with Crippen molar-refractivity contribution >= 4 is 28.2 Å². The lowest BCUT2D eigenvalue weighted by Gasteiger charge is -2.06. The van der Waals surface area contributed by atoms with Gasteiger partial charge in [0.15, 0.2) is 4.34 Å². The van der Waals surface area contributed by atoms with Gasteiger partial charge in [0.2, 0.25) is 5.13 Å². The predicted octanol–water partition coefficient (Wildman–Crippen LogP) is 3.29. The molecule has 1 aliphatic carbocycles. The summed E-state index contributed by atoms with van der Waals surface area (Å²) in [7, 11) is 0. The molecule has 3 nitrogen and oxygen atoms in total. The van der Waals surface area contributed by atoms with Crippen molar-refractivity contribution in [2.75, 3.05) is 5.73 Å². The number of thioether (sulfide) groups is 1. The van der Waals surface area contributed by atoms with Crippen LogP contribution in [0.1, 0.15) is 29.9 Å². The van der Waals surface area contributed by atoms with Crippen molar-refractivity contribution in [1.82, 2.24) is 10.2 Å². The molecule has 0 unspecified atom stereocenters. The zero-order valence-corrected chi connectivity index (χ0v) is 10.9. The molecule has 5 heteroatoms. The average molecular weight is 263 g/mol. The molecular weight excluding hydrogens is 250 g/mol. The minimum Gasteiger partial charge on any atom is -0.374 e. The molecule has 1 aromatic carbocycles. The normalized spacial score (nSPS) is 15.1. The molecule has 0 radical (unpaired) electrons. The fourth-order valence-electron chi connectivity index (χ4n) is 1.88. The fraction of sp³-hybridized carbons (Fsp3) is 0.333. The molecule has 0 amide bonds. The topological polar surface area (TPSA) is 51.8 Å². The summed E-state index contributed by atoms with van der Waals surface area (Å²) in [6.45, 7) is 0. The smallest absolute Gasteiger partial charge is 0.203 e. The van der Waals surface area contributed by atoms with Crippen LogP contribution in [0.2, 0.25) is 0 Å². The number of nitrogens with two attached hydrogens (primary N) is 1. The molecule has 2 N–H and O–H groups in total. The third-order valence-electron chi connectivity index (χ3n) is 2.85. The van der Waals surface area contributed by atoms with Crippen LogP contribution in [0.4, 0.5) is 5.13 Å². The van der Waals surface area contributed by atoms with Gasteiger partial charge in [0, 0.05) is 5.75 Å². The average Bonchev–Trinajstić information content (AvgIpc) is 3.11. The Morgan fingerprint density at radius 3 is 2.82 bits per heavy atom. The first-order chi connectivity index (χ1) is 8.33. The van der Waals surface area contributed by atoms with Gasteiger partial charge in [-0.15, -0.1) is 10.2 Å². The molecule has 17 heavy (non-hydrogen) atoms. The van der Waals surface area contributed by atoms with Crippen LogP contribution in [0.25, 0.3) is 0 Å². The highest BCUT2D eigenvalue weighted by Crippen LogP contribution is 2.42. The van der Waals surface area contributed by atoms with Gasteiger partial charge in [0.1, 0.15) is 0 Å². The molecule has 0 bridgehead atoms. The highest BCUT2D eigenvalue weighted by atomic mass is 32.2. The van der Waals surface area contributed by atoms with Crippen LogP contribution in [0.15, 0.2) is 28.6 Å². The van der Waals surface area contributed by atoms with E-state index in [4.69, 9.17) is 5.73 Å². The summed E-state index contributed by atoms with van der Waals surface area (Å²) < 4.78 is 0.952. The lowest BCUT2D eigenvalue weighted by atomic mass is 10.1. The van der Waals surface area contributed by atoms with E-state index >= 15 is 0 Å². The Bertz CT molecular complexity index is 520. The van der Waals surface area contributed by atoms with Crippen LogP contribution in [0.3, 0.4) is 0 Å². The largest absolute Gasteiger partial charge is 0.374 e. The highest BCUT2D eigenvalue weighted by Gasteiger charge is 2.25.